The molecule has 0 saturated heterocycles. The predicted octanol–water partition coefficient (Wildman–Crippen LogP) is 4.77. The number of halogens is 1. The Labute approximate surface area is 145 Å². The summed E-state index contributed by atoms with van der Waals surface area (Å²) in [4.78, 5) is 18.5. The molecule has 0 unspecified atom stereocenters. The van der Waals surface area contributed by atoms with Crippen molar-refractivity contribution >= 4 is 43.0 Å². The Kier molecular flexibility index (Phi) is 6.20. The van der Waals surface area contributed by atoms with Crippen LogP contribution in [0.5, 0.6) is 0 Å². The molecule has 1 atom stereocenters. The number of hydrogen-bond donors (Lipinski definition) is 0. The van der Waals surface area contributed by atoms with Crippen molar-refractivity contribution in [2.45, 2.75) is 69.6 Å². The van der Waals surface area contributed by atoms with Gasteiger partial charge in [-0.25, -0.2) is 14.0 Å². The SMILES string of the molecule is CC(C)N(C(=O)N=[S@](=O)(c1nc(Br)cs1)C(C)(C)C)C(C)C. The molecule has 8 heteroatoms. The van der Waals surface area contributed by atoms with Crippen LogP contribution in [-0.2, 0) is 9.73 Å². The first-order chi connectivity index (χ1) is 9.90. The fraction of sp³-hybridized carbons (Fsp3) is 0.714. The van der Waals surface area contributed by atoms with E-state index in [2.05, 4.69) is 25.3 Å². The summed E-state index contributed by atoms with van der Waals surface area (Å²) >= 11 is 4.53. The zero-order valence-corrected chi connectivity index (χ0v) is 17.3. The van der Waals surface area contributed by atoms with Crippen LogP contribution >= 0.6 is 27.3 Å². The van der Waals surface area contributed by atoms with Crippen LogP contribution in [0.15, 0.2) is 18.7 Å². The molecule has 22 heavy (non-hydrogen) atoms. The monoisotopic (exact) mass is 409 g/mol. The molecule has 0 spiro atoms. The van der Waals surface area contributed by atoms with Gasteiger partial charge in [0.2, 0.25) is 0 Å². The molecule has 1 heterocycles. The molecule has 0 radical (unpaired) electrons. The fourth-order valence-electron chi connectivity index (χ4n) is 2.00. The first-order valence-corrected chi connectivity index (χ1v) is 10.3. The summed E-state index contributed by atoms with van der Waals surface area (Å²) in [7, 11) is -2.96. The molecule has 1 aromatic heterocycles. The average Bonchev–Trinajstić information content (AvgIpc) is 2.73. The van der Waals surface area contributed by atoms with E-state index in [1.807, 2.05) is 48.5 Å². The zero-order chi connectivity index (χ0) is 17.3. The maximum Gasteiger partial charge on any atom is 0.352 e. The van der Waals surface area contributed by atoms with Gasteiger partial charge in [-0.2, -0.15) is 0 Å². The fourth-order valence-corrected chi connectivity index (χ4v) is 6.03. The molecule has 0 saturated carbocycles. The van der Waals surface area contributed by atoms with Crippen LogP contribution in [0, 0.1) is 0 Å². The molecule has 0 N–H and O–H groups in total. The van der Waals surface area contributed by atoms with Crippen molar-refractivity contribution in [3.8, 4) is 0 Å². The molecule has 0 aliphatic rings. The number of urea groups is 1. The first kappa shape index (κ1) is 19.6. The van der Waals surface area contributed by atoms with Crippen LogP contribution in [0.2, 0.25) is 0 Å². The second-order valence-electron chi connectivity index (χ2n) is 6.54. The van der Waals surface area contributed by atoms with Crippen LogP contribution in [0.3, 0.4) is 0 Å². The lowest BCUT2D eigenvalue weighted by molar-refractivity contribution is 0.175. The van der Waals surface area contributed by atoms with E-state index in [4.69, 9.17) is 0 Å². The van der Waals surface area contributed by atoms with Crippen LogP contribution in [0.4, 0.5) is 4.79 Å². The summed E-state index contributed by atoms with van der Waals surface area (Å²) in [5, 5.41) is 1.75. The van der Waals surface area contributed by atoms with Gasteiger partial charge in [-0.05, 0) is 64.4 Å². The number of amides is 2. The van der Waals surface area contributed by atoms with E-state index in [0.717, 1.165) is 0 Å². The molecule has 126 valence electrons. The van der Waals surface area contributed by atoms with Crippen molar-refractivity contribution in [3.05, 3.63) is 9.98 Å². The standard InChI is InChI=1S/C14H24BrN3O2S2/c1-9(2)18(10(3)4)12(19)17-22(20,14(5,6)7)13-16-11(15)8-21-13/h8-10H,1-7H3/t22-/m0/s1. The smallest absolute Gasteiger partial charge is 0.318 e. The number of hydrogen-bond acceptors (Lipinski definition) is 4. The Bertz CT molecular complexity index is 645. The van der Waals surface area contributed by atoms with Gasteiger partial charge in [-0.15, -0.1) is 15.7 Å². The molecule has 0 aromatic carbocycles. The van der Waals surface area contributed by atoms with E-state index < -0.39 is 20.5 Å². The number of nitrogens with zero attached hydrogens (tertiary/aromatic N) is 3. The lowest BCUT2D eigenvalue weighted by Crippen LogP contribution is -2.41. The van der Waals surface area contributed by atoms with Crippen molar-refractivity contribution in [2.75, 3.05) is 0 Å². The molecule has 0 aliphatic heterocycles. The Morgan fingerprint density at radius 1 is 1.32 bits per heavy atom. The molecule has 0 fully saturated rings. The van der Waals surface area contributed by atoms with Gasteiger partial charge in [0.15, 0.2) is 4.34 Å². The molecule has 1 rings (SSSR count). The van der Waals surface area contributed by atoms with E-state index >= 15 is 0 Å². The van der Waals surface area contributed by atoms with E-state index in [-0.39, 0.29) is 12.1 Å². The minimum Gasteiger partial charge on any atom is -0.318 e. The highest BCUT2D eigenvalue weighted by Gasteiger charge is 2.34. The average molecular weight is 410 g/mol. The lowest BCUT2D eigenvalue weighted by atomic mass is 10.2. The van der Waals surface area contributed by atoms with Crippen molar-refractivity contribution in [1.82, 2.24) is 9.88 Å². The summed E-state index contributed by atoms with van der Waals surface area (Å²) < 4.78 is 17.9. The number of thiazole rings is 1. The first-order valence-electron chi connectivity index (χ1n) is 7.10. The van der Waals surface area contributed by atoms with Crippen molar-refractivity contribution in [2.24, 2.45) is 4.36 Å². The van der Waals surface area contributed by atoms with Crippen LogP contribution in [0.25, 0.3) is 0 Å². The topological polar surface area (TPSA) is 62.6 Å². The lowest BCUT2D eigenvalue weighted by Gasteiger charge is -2.30. The maximum atomic E-state index is 13.5. The van der Waals surface area contributed by atoms with Gasteiger partial charge in [-0.3, -0.25) is 0 Å². The molecule has 0 bridgehead atoms. The molecular weight excluding hydrogens is 386 g/mol. The summed E-state index contributed by atoms with van der Waals surface area (Å²) in [6.07, 6.45) is 0. The largest absolute Gasteiger partial charge is 0.352 e. The van der Waals surface area contributed by atoms with Gasteiger partial charge in [0.1, 0.15) is 14.3 Å². The summed E-state index contributed by atoms with van der Waals surface area (Å²) in [6, 6.07) is -0.470. The maximum absolute atomic E-state index is 13.5. The van der Waals surface area contributed by atoms with Gasteiger partial charge in [0, 0.05) is 17.5 Å². The predicted molar refractivity (Wildman–Crippen MR) is 95.9 cm³/mol. The summed E-state index contributed by atoms with van der Waals surface area (Å²) in [6.45, 7) is 13.1. The minimum atomic E-state index is -2.96. The summed E-state index contributed by atoms with van der Waals surface area (Å²) in [5.41, 5.74) is 0. The van der Waals surface area contributed by atoms with Gasteiger partial charge in [-0.1, -0.05) is 0 Å². The normalized spacial score (nSPS) is 15.0. The van der Waals surface area contributed by atoms with Gasteiger partial charge in [0.25, 0.3) is 0 Å². The third-order valence-electron chi connectivity index (χ3n) is 3.06. The minimum absolute atomic E-state index is 0.0112. The molecule has 0 aliphatic carbocycles. The Morgan fingerprint density at radius 2 is 1.82 bits per heavy atom. The molecule has 5 nitrogen and oxygen atoms in total. The quantitative estimate of drug-likeness (QED) is 0.721. The number of carbonyl (C=O) groups excluding carboxylic acids is 1. The van der Waals surface area contributed by atoms with Crippen LogP contribution in [-0.4, -0.2) is 37.0 Å². The van der Waals surface area contributed by atoms with Crippen molar-refractivity contribution < 1.29 is 9.00 Å². The third-order valence-corrected chi connectivity index (χ3v) is 8.01. The van der Waals surface area contributed by atoms with E-state index in [1.54, 1.807) is 10.3 Å². The highest BCUT2D eigenvalue weighted by molar-refractivity contribution is 9.10. The Balaban J connectivity index is 3.47. The highest BCUT2D eigenvalue weighted by atomic mass is 79.9. The van der Waals surface area contributed by atoms with E-state index in [9.17, 15) is 9.00 Å². The zero-order valence-electron chi connectivity index (χ0n) is 14.1. The second kappa shape index (κ2) is 6.97. The molecule has 2 amide bonds. The van der Waals surface area contributed by atoms with Crippen LogP contribution < -0.4 is 0 Å². The van der Waals surface area contributed by atoms with Crippen LogP contribution in [0.1, 0.15) is 48.5 Å². The molecular formula is C14H24BrN3O2S2. The second-order valence-corrected chi connectivity index (χ2v) is 11.3. The number of carbonyl (C=O) groups is 1. The van der Waals surface area contributed by atoms with Crippen molar-refractivity contribution in [1.29, 1.82) is 0 Å². The number of rotatable bonds is 3. The number of aromatic nitrogens is 1. The van der Waals surface area contributed by atoms with E-state index in [1.165, 1.54) is 11.3 Å². The Hall–Kier alpha value is -0.470. The van der Waals surface area contributed by atoms with Gasteiger partial charge in [0.05, 0.1) is 4.75 Å². The van der Waals surface area contributed by atoms with Crippen molar-refractivity contribution in [3.63, 3.8) is 0 Å². The summed E-state index contributed by atoms with van der Waals surface area (Å²) in [5.74, 6) is 0. The third kappa shape index (κ3) is 4.08. The Morgan fingerprint density at radius 3 is 2.14 bits per heavy atom. The van der Waals surface area contributed by atoms with E-state index in [0.29, 0.717) is 8.94 Å². The van der Waals surface area contributed by atoms with Gasteiger partial charge < -0.3 is 4.90 Å². The molecule has 1 aromatic rings. The highest BCUT2D eigenvalue weighted by Crippen LogP contribution is 2.31. The van der Waals surface area contributed by atoms with Gasteiger partial charge >= 0.3 is 6.03 Å².